The molecule has 3 unspecified atom stereocenters. The first-order valence-corrected chi connectivity index (χ1v) is 8.13. The van der Waals surface area contributed by atoms with Crippen molar-refractivity contribution >= 4 is 27.5 Å². The first kappa shape index (κ1) is 14.4. The fourth-order valence-corrected chi connectivity index (χ4v) is 3.33. The Labute approximate surface area is 123 Å². The van der Waals surface area contributed by atoms with E-state index >= 15 is 0 Å². The maximum absolute atomic E-state index is 6.02. The van der Waals surface area contributed by atoms with Crippen LogP contribution < -0.4 is 0 Å². The third kappa shape index (κ3) is 4.25. The molecule has 1 heterocycles. The Morgan fingerprint density at radius 2 is 2.28 bits per heavy atom. The van der Waals surface area contributed by atoms with Crippen molar-refractivity contribution in [2.45, 2.75) is 44.8 Å². The minimum atomic E-state index is 0.442. The molecule has 0 aromatic heterocycles. The van der Waals surface area contributed by atoms with E-state index in [1.165, 1.54) is 18.4 Å². The second kappa shape index (κ2) is 6.93. The van der Waals surface area contributed by atoms with Crippen LogP contribution in [0.3, 0.4) is 0 Å². The maximum atomic E-state index is 6.02. The molecule has 1 aromatic rings. The molecule has 0 aliphatic carbocycles. The van der Waals surface area contributed by atoms with Gasteiger partial charge in [0.2, 0.25) is 0 Å². The van der Waals surface area contributed by atoms with E-state index in [1.807, 2.05) is 12.1 Å². The lowest BCUT2D eigenvalue weighted by atomic mass is 9.94. The molecule has 0 amide bonds. The van der Waals surface area contributed by atoms with E-state index in [2.05, 4.69) is 35.0 Å². The Morgan fingerprint density at radius 3 is 2.89 bits per heavy atom. The summed E-state index contributed by atoms with van der Waals surface area (Å²) in [5.41, 5.74) is 1.32. The lowest BCUT2D eigenvalue weighted by molar-refractivity contribution is 0.0428. The number of rotatable bonds is 5. The molecule has 0 saturated carbocycles. The quantitative estimate of drug-likeness (QED) is 0.701. The molecule has 18 heavy (non-hydrogen) atoms. The zero-order valence-electron chi connectivity index (χ0n) is 10.7. The van der Waals surface area contributed by atoms with Gasteiger partial charge in [0.1, 0.15) is 0 Å². The van der Waals surface area contributed by atoms with Gasteiger partial charge in [0.25, 0.3) is 0 Å². The van der Waals surface area contributed by atoms with Crippen molar-refractivity contribution in [2.24, 2.45) is 5.92 Å². The molecule has 3 atom stereocenters. The highest BCUT2D eigenvalue weighted by Gasteiger charge is 2.24. The van der Waals surface area contributed by atoms with Gasteiger partial charge in [-0.3, -0.25) is 0 Å². The van der Waals surface area contributed by atoms with Crippen LogP contribution in [0.4, 0.5) is 0 Å². The van der Waals surface area contributed by atoms with Crippen LogP contribution >= 0.6 is 27.5 Å². The Balaban J connectivity index is 1.89. The number of hydrogen-bond donors (Lipinski definition) is 0. The van der Waals surface area contributed by atoms with E-state index in [1.54, 1.807) is 0 Å². The van der Waals surface area contributed by atoms with Crippen LogP contribution in [0.5, 0.6) is 0 Å². The molecule has 1 fully saturated rings. The maximum Gasteiger partial charge on any atom is 0.0582 e. The number of halogens is 2. The van der Waals surface area contributed by atoms with Gasteiger partial charge in [-0.25, -0.2) is 0 Å². The Kier molecular flexibility index (Phi) is 5.53. The van der Waals surface area contributed by atoms with Gasteiger partial charge in [-0.05, 0) is 56.2 Å². The Bertz CT molecular complexity index is 383. The minimum Gasteiger partial charge on any atom is -0.375 e. The van der Waals surface area contributed by atoms with Crippen LogP contribution in [0, 0.1) is 5.92 Å². The fourth-order valence-electron chi connectivity index (χ4n) is 2.63. The molecule has 3 heteroatoms. The number of benzene rings is 1. The average molecular weight is 332 g/mol. The van der Waals surface area contributed by atoms with Gasteiger partial charge in [-0.1, -0.05) is 39.7 Å². The second-order valence-corrected chi connectivity index (χ2v) is 6.32. The van der Waals surface area contributed by atoms with E-state index < -0.39 is 0 Å². The average Bonchev–Trinajstić information content (AvgIpc) is 2.74. The van der Waals surface area contributed by atoms with Crippen LogP contribution in [0.15, 0.2) is 24.3 Å². The first-order valence-electron chi connectivity index (χ1n) is 6.63. The highest BCUT2D eigenvalue weighted by molar-refractivity contribution is 9.09. The predicted octanol–water partition coefficient (Wildman–Crippen LogP) is 4.85. The normalized spacial score (nSPS) is 25.3. The summed E-state index contributed by atoms with van der Waals surface area (Å²) in [5.74, 6) is 0.624. The van der Waals surface area contributed by atoms with Crippen molar-refractivity contribution in [3.05, 3.63) is 34.9 Å². The molecule has 100 valence electrons. The molecule has 0 bridgehead atoms. The number of ether oxygens (including phenoxy) is 1. The van der Waals surface area contributed by atoms with E-state index in [-0.39, 0.29) is 0 Å². The summed E-state index contributed by atoms with van der Waals surface area (Å²) in [5, 5.41) is 1.85. The third-order valence-corrected chi connectivity index (χ3v) is 4.70. The largest absolute Gasteiger partial charge is 0.375 e. The molecule has 0 spiro atoms. The lowest BCUT2D eigenvalue weighted by Crippen LogP contribution is -2.17. The molecule has 1 aliphatic rings. The predicted molar refractivity (Wildman–Crippen MR) is 80.6 cm³/mol. The molecule has 1 aliphatic heterocycles. The van der Waals surface area contributed by atoms with Crippen molar-refractivity contribution in [1.29, 1.82) is 0 Å². The monoisotopic (exact) mass is 330 g/mol. The van der Waals surface area contributed by atoms with Crippen LogP contribution in [0.2, 0.25) is 5.02 Å². The zero-order chi connectivity index (χ0) is 13.0. The van der Waals surface area contributed by atoms with Gasteiger partial charge < -0.3 is 4.74 Å². The van der Waals surface area contributed by atoms with Crippen LogP contribution in [0.25, 0.3) is 0 Å². The summed E-state index contributed by atoms with van der Waals surface area (Å²) >= 11 is 9.65. The van der Waals surface area contributed by atoms with E-state index in [0.717, 1.165) is 23.2 Å². The molecule has 0 N–H and O–H groups in total. The number of hydrogen-bond acceptors (Lipinski definition) is 1. The molecule has 1 saturated heterocycles. The summed E-state index contributed by atoms with van der Waals surface area (Å²) in [4.78, 5) is 0. The number of alkyl halides is 1. The van der Waals surface area contributed by atoms with Crippen molar-refractivity contribution in [2.75, 3.05) is 5.33 Å². The third-order valence-electron chi connectivity index (χ3n) is 3.55. The Morgan fingerprint density at radius 1 is 1.44 bits per heavy atom. The zero-order valence-corrected chi connectivity index (χ0v) is 13.1. The molecular formula is C15H20BrClO. The van der Waals surface area contributed by atoms with E-state index in [4.69, 9.17) is 16.3 Å². The fraction of sp³-hybridized carbons (Fsp3) is 0.600. The van der Waals surface area contributed by atoms with Gasteiger partial charge in [0.15, 0.2) is 0 Å². The highest BCUT2D eigenvalue weighted by atomic mass is 79.9. The van der Waals surface area contributed by atoms with Gasteiger partial charge >= 0.3 is 0 Å². The summed E-state index contributed by atoms with van der Waals surface area (Å²) in [7, 11) is 0. The lowest BCUT2D eigenvalue weighted by Gasteiger charge is -2.19. The van der Waals surface area contributed by atoms with Crippen molar-refractivity contribution < 1.29 is 4.74 Å². The Hall–Kier alpha value is -0.0500. The topological polar surface area (TPSA) is 9.23 Å². The van der Waals surface area contributed by atoms with Gasteiger partial charge in [0, 0.05) is 10.4 Å². The molecule has 1 nitrogen and oxygen atoms in total. The summed E-state index contributed by atoms with van der Waals surface area (Å²) in [6, 6.07) is 8.17. The van der Waals surface area contributed by atoms with Crippen LogP contribution in [0.1, 0.15) is 31.7 Å². The van der Waals surface area contributed by atoms with Gasteiger partial charge in [-0.15, -0.1) is 0 Å². The highest BCUT2D eigenvalue weighted by Crippen LogP contribution is 2.27. The van der Waals surface area contributed by atoms with E-state index in [0.29, 0.717) is 18.1 Å². The van der Waals surface area contributed by atoms with Crippen LogP contribution in [-0.2, 0) is 11.2 Å². The first-order chi connectivity index (χ1) is 8.67. The van der Waals surface area contributed by atoms with Gasteiger partial charge in [0.05, 0.1) is 12.2 Å². The SMILES string of the molecule is CC1CCC(CC(CBr)Cc2cccc(Cl)c2)O1. The van der Waals surface area contributed by atoms with Crippen molar-refractivity contribution in [3.63, 3.8) is 0 Å². The minimum absolute atomic E-state index is 0.442. The molecule has 2 rings (SSSR count). The van der Waals surface area contributed by atoms with E-state index in [9.17, 15) is 0 Å². The van der Waals surface area contributed by atoms with Gasteiger partial charge in [-0.2, -0.15) is 0 Å². The van der Waals surface area contributed by atoms with Crippen molar-refractivity contribution in [3.8, 4) is 0 Å². The second-order valence-electron chi connectivity index (χ2n) is 5.24. The summed E-state index contributed by atoms with van der Waals surface area (Å²) in [6.07, 6.45) is 5.51. The summed E-state index contributed by atoms with van der Waals surface area (Å²) in [6.45, 7) is 2.17. The molecule has 0 radical (unpaired) electrons. The smallest absolute Gasteiger partial charge is 0.0582 e. The standard InChI is InChI=1S/C15H20BrClO/c1-11-5-6-15(18-11)9-13(10-16)7-12-3-2-4-14(17)8-12/h2-4,8,11,13,15H,5-7,9-10H2,1H3. The van der Waals surface area contributed by atoms with Crippen molar-refractivity contribution in [1.82, 2.24) is 0 Å². The molecular weight excluding hydrogens is 312 g/mol. The molecule has 1 aromatic carbocycles. The van der Waals surface area contributed by atoms with Crippen LogP contribution in [-0.4, -0.2) is 17.5 Å². The summed E-state index contributed by atoms with van der Waals surface area (Å²) < 4.78 is 5.91.